The third-order valence-electron chi connectivity index (χ3n) is 3.65. The first-order chi connectivity index (χ1) is 10.1. The fourth-order valence-electron chi connectivity index (χ4n) is 2.18. The number of rotatable bonds is 5. The zero-order valence-electron chi connectivity index (χ0n) is 11.2. The van der Waals surface area contributed by atoms with Crippen LogP contribution in [0.1, 0.15) is 18.7 Å². The van der Waals surface area contributed by atoms with Crippen molar-refractivity contribution >= 4 is 11.9 Å². The molecule has 1 aliphatic rings. The summed E-state index contributed by atoms with van der Waals surface area (Å²) in [7, 11) is 0. The van der Waals surface area contributed by atoms with Crippen LogP contribution < -0.4 is 5.32 Å². The monoisotopic (exact) mass is 286 g/mol. The van der Waals surface area contributed by atoms with Crippen LogP contribution in [0, 0.1) is 5.41 Å². The van der Waals surface area contributed by atoms with Gasteiger partial charge in [0.15, 0.2) is 5.82 Å². The molecule has 7 heteroatoms. The highest BCUT2D eigenvalue weighted by atomic mass is 16.4. The second-order valence-electron chi connectivity index (χ2n) is 5.02. The summed E-state index contributed by atoms with van der Waals surface area (Å²) in [5.74, 6) is -0.974. The molecule has 0 aliphatic heterocycles. The minimum atomic E-state index is -1.24. The summed E-state index contributed by atoms with van der Waals surface area (Å²) < 4.78 is 1.75. The Bertz CT molecular complexity index is 677. The molecule has 1 aliphatic carbocycles. The minimum absolute atomic E-state index is 0.142. The van der Waals surface area contributed by atoms with E-state index in [2.05, 4.69) is 15.5 Å². The van der Waals surface area contributed by atoms with Gasteiger partial charge in [-0.25, -0.2) is 0 Å². The van der Waals surface area contributed by atoms with Crippen LogP contribution in [0.15, 0.2) is 36.7 Å². The first-order valence-corrected chi connectivity index (χ1v) is 6.59. The largest absolute Gasteiger partial charge is 0.480 e. The van der Waals surface area contributed by atoms with Crippen LogP contribution in [0.5, 0.6) is 0 Å². The third-order valence-corrected chi connectivity index (χ3v) is 3.65. The molecule has 0 bridgehead atoms. The second kappa shape index (κ2) is 5.01. The van der Waals surface area contributed by atoms with Crippen molar-refractivity contribution in [2.45, 2.75) is 19.4 Å². The van der Waals surface area contributed by atoms with E-state index in [1.807, 2.05) is 30.3 Å². The Balaban J connectivity index is 1.71. The molecule has 7 nitrogen and oxygen atoms in total. The maximum absolute atomic E-state index is 12.0. The number of carbonyl (C=O) groups excluding carboxylic acids is 1. The number of benzene rings is 1. The average molecular weight is 286 g/mol. The van der Waals surface area contributed by atoms with Crippen LogP contribution in [-0.4, -0.2) is 31.7 Å². The molecule has 3 rings (SSSR count). The number of hydrogen-bond donors (Lipinski definition) is 2. The topological polar surface area (TPSA) is 97.1 Å². The smallest absolute Gasteiger partial charge is 0.319 e. The number of carbonyl (C=O) groups is 2. The fourth-order valence-corrected chi connectivity index (χ4v) is 2.18. The van der Waals surface area contributed by atoms with Gasteiger partial charge in [0, 0.05) is 5.69 Å². The highest BCUT2D eigenvalue weighted by molar-refractivity contribution is 6.04. The van der Waals surface area contributed by atoms with Crippen molar-refractivity contribution in [3.8, 4) is 5.69 Å². The average Bonchev–Trinajstić information content (AvgIpc) is 3.19. The van der Waals surface area contributed by atoms with Gasteiger partial charge in [0.05, 0.1) is 6.54 Å². The molecule has 1 fully saturated rings. The minimum Gasteiger partial charge on any atom is -0.480 e. The van der Waals surface area contributed by atoms with E-state index >= 15 is 0 Å². The van der Waals surface area contributed by atoms with Gasteiger partial charge in [-0.1, -0.05) is 18.2 Å². The van der Waals surface area contributed by atoms with E-state index in [9.17, 15) is 9.59 Å². The van der Waals surface area contributed by atoms with E-state index in [4.69, 9.17) is 5.11 Å². The number of aromatic nitrogens is 3. The lowest BCUT2D eigenvalue weighted by molar-refractivity contribution is -0.149. The number of carboxylic acid groups (broad SMARTS) is 1. The summed E-state index contributed by atoms with van der Waals surface area (Å²) in [6.07, 6.45) is 2.33. The summed E-state index contributed by atoms with van der Waals surface area (Å²) in [5.41, 5.74) is -0.358. The maximum atomic E-state index is 12.0. The molecule has 0 saturated heterocycles. The van der Waals surface area contributed by atoms with E-state index in [1.54, 1.807) is 10.9 Å². The number of nitrogens with zero attached hydrogens (tertiary/aromatic N) is 3. The van der Waals surface area contributed by atoms with Crippen LogP contribution in [0.25, 0.3) is 5.69 Å². The lowest BCUT2D eigenvalue weighted by Gasteiger charge is -2.11. The maximum Gasteiger partial charge on any atom is 0.319 e. The number of aliphatic carboxylic acids is 1. The van der Waals surface area contributed by atoms with Crippen molar-refractivity contribution in [2.24, 2.45) is 5.41 Å². The van der Waals surface area contributed by atoms with Crippen LogP contribution in [-0.2, 0) is 16.1 Å². The van der Waals surface area contributed by atoms with Gasteiger partial charge in [-0.15, -0.1) is 10.2 Å². The molecule has 21 heavy (non-hydrogen) atoms. The predicted molar refractivity (Wildman–Crippen MR) is 72.5 cm³/mol. The molecule has 2 N–H and O–H groups in total. The SMILES string of the molecule is O=C(O)C1(C(=O)NCc2nncn2-c2ccccc2)CC1. The molecular formula is C14H14N4O3. The molecule has 108 valence electrons. The number of hydrogen-bond acceptors (Lipinski definition) is 4. The number of para-hydroxylation sites is 1. The van der Waals surface area contributed by atoms with Gasteiger partial charge in [0.1, 0.15) is 11.7 Å². The van der Waals surface area contributed by atoms with Crippen molar-refractivity contribution in [3.05, 3.63) is 42.5 Å². The van der Waals surface area contributed by atoms with Gasteiger partial charge in [0.2, 0.25) is 5.91 Å². The van der Waals surface area contributed by atoms with Crippen LogP contribution >= 0.6 is 0 Å². The molecule has 1 saturated carbocycles. The molecule has 0 spiro atoms. The van der Waals surface area contributed by atoms with E-state index in [1.165, 1.54) is 0 Å². The Morgan fingerprint density at radius 1 is 1.29 bits per heavy atom. The Kier molecular flexibility index (Phi) is 3.17. The van der Waals surface area contributed by atoms with Crippen molar-refractivity contribution in [1.29, 1.82) is 0 Å². The second-order valence-corrected chi connectivity index (χ2v) is 5.02. The number of nitrogens with one attached hydrogen (secondary N) is 1. The standard InChI is InChI=1S/C14H14N4O3/c19-12(14(6-7-14)13(20)21)15-8-11-17-16-9-18(11)10-4-2-1-3-5-10/h1-5,9H,6-8H2,(H,15,19)(H,20,21). The molecule has 0 radical (unpaired) electrons. The van der Waals surface area contributed by atoms with Crippen molar-refractivity contribution < 1.29 is 14.7 Å². The van der Waals surface area contributed by atoms with Crippen molar-refractivity contribution in [1.82, 2.24) is 20.1 Å². The Morgan fingerprint density at radius 3 is 2.62 bits per heavy atom. The summed E-state index contributed by atoms with van der Waals surface area (Å²) in [6, 6.07) is 9.48. The zero-order chi connectivity index (χ0) is 14.9. The summed E-state index contributed by atoms with van der Waals surface area (Å²) in [6.45, 7) is 0.142. The first-order valence-electron chi connectivity index (χ1n) is 6.59. The quantitative estimate of drug-likeness (QED) is 0.790. The molecule has 1 amide bonds. The molecule has 1 aromatic carbocycles. The van der Waals surface area contributed by atoms with E-state index < -0.39 is 17.3 Å². The third kappa shape index (κ3) is 2.37. The highest BCUT2D eigenvalue weighted by Crippen LogP contribution is 2.46. The van der Waals surface area contributed by atoms with Crippen LogP contribution in [0.4, 0.5) is 0 Å². The highest BCUT2D eigenvalue weighted by Gasteiger charge is 2.57. The zero-order valence-corrected chi connectivity index (χ0v) is 11.2. The summed E-state index contributed by atoms with van der Waals surface area (Å²) >= 11 is 0. The molecule has 1 heterocycles. The fraction of sp³-hybridized carbons (Fsp3) is 0.286. The van der Waals surface area contributed by atoms with Crippen molar-refractivity contribution in [3.63, 3.8) is 0 Å². The summed E-state index contributed by atoms with van der Waals surface area (Å²) in [5, 5.41) is 19.5. The molecular weight excluding hydrogens is 272 g/mol. The molecule has 2 aromatic rings. The van der Waals surface area contributed by atoms with Gasteiger partial charge in [-0.05, 0) is 25.0 Å². The molecule has 1 aromatic heterocycles. The Labute approximate surface area is 120 Å². The van der Waals surface area contributed by atoms with E-state index in [-0.39, 0.29) is 6.54 Å². The number of carboxylic acids is 1. The van der Waals surface area contributed by atoms with E-state index in [0.717, 1.165) is 5.69 Å². The summed E-state index contributed by atoms with van der Waals surface area (Å²) in [4.78, 5) is 23.0. The Hall–Kier alpha value is -2.70. The van der Waals surface area contributed by atoms with Gasteiger partial charge in [0.25, 0.3) is 0 Å². The van der Waals surface area contributed by atoms with Gasteiger partial charge in [-0.3, -0.25) is 14.2 Å². The van der Waals surface area contributed by atoms with Crippen LogP contribution in [0.2, 0.25) is 0 Å². The first kappa shape index (κ1) is 13.3. The van der Waals surface area contributed by atoms with Gasteiger partial charge >= 0.3 is 5.97 Å². The van der Waals surface area contributed by atoms with Crippen molar-refractivity contribution in [2.75, 3.05) is 0 Å². The lowest BCUT2D eigenvalue weighted by atomic mass is 10.1. The molecule has 0 atom stereocenters. The Morgan fingerprint density at radius 2 is 2.00 bits per heavy atom. The van der Waals surface area contributed by atoms with Gasteiger partial charge < -0.3 is 10.4 Å². The van der Waals surface area contributed by atoms with Gasteiger partial charge in [-0.2, -0.15) is 0 Å². The lowest BCUT2D eigenvalue weighted by Crippen LogP contribution is -2.37. The number of amides is 1. The normalized spacial score (nSPS) is 15.4. The van der Waals surface area contributed by atoms with Crippen LogP contribution in [0.3, 0.4) is 0 Å². The van der Waals surface area contributed by atoms with E-state index in [0.29, 0.717) is 18.7 Å². The molecule has 0 unspecified atom stereocenters. The predicted octanol–water partition coefficient (Wildman–Crippen LogP) is 0.748.